The molecule has 0 saturated carbocycles. The third kappa shape index (κ3) is 6.54. The van der Waals surface area contributed by atoms with Gasteiger partial charge < -0.3 is 19.8 Å². The lowest BCUT2D eigenvalue weighted by molar-refractivity contribution is 0.859. The smallest absolute Gasteiger partial charge is 0.125 e. The largest absolute Gasteiger partial charge is 0.367 e. The zero-order chi connectivity index (χ0) is 21.3. The predicted molar refractivity (Wildman–Crippen MR) is 124 cm³/mol. The van der Waals surface area contributed by atoms with Crippen molar-refractivity contribution in [1.82, 2.24) is 19.9 Å². The van der Waals surface area contributed by atoms with Gasteiger partial charge in [0.05, 0.1) is 13.1 Å². The standard InChI is InChI=1S/2C11H12ClN3/c1-15(8-11-13-6-7-14-11)10-4-2-9(12)3-5-10;1-15(8-11-13-5-6-14-11)10-4-2-3-9(12)7-10/h2*2-7H,8H2,1H3,(H,13,14). The first-order valence-corrected chi connectivity index (χ1v) is 10.2. The fourth-order valence-corrected chi connectivity index (χ4v) is 3.12. The minimum Gasteiger partial charge on any atom is -0.367 e. The van der Waals surface area contributed by atoms with Gasteiger partial charge in [-0.25, -0.2) is 9.97 Å². The van der Waals surface area contributed by atoms with Gasteiger partial charge in [0.15, 0.2) is 0 Å². The van der Waals surface area contributed by atoms with Crippen LogP contribution >= 0.6 is 23.2 Å². The molecule has 156 valence electrons. The molecular weight excluding hydrogens is 419 g/mol. The van der Waals surface area contributed by atoms with Crippen molar-refractivity contribution in [2.24, 2.45) is 0 Å². The normalized spacial score (nSPS) is 10.3. The maximum Gasteiger partial charge on any atom is 0.125 e. The Morgan fingerprint density at radius 1 is 0.733 bits per heavy atom. The van der Waals surface area contributed by atoms with Crippen LogP contribution in [0.5, 0.6) is 0 Å². The topological polar surface area (TPSA) is 63.8 Å². The van der Waals surface area contributed by atoms with E-state index < -0.39 is 0 Å². The van der Waals surface area contributed by atoms with E-state index >= 15 is 0 Å². The van der Waals surface area contributed by atoms with Crippen LogP contribution < -0.4 is 9.80 Å². The lowest BCUT2D eigenvalue weighted by atomic mass is 10.3. The van der Waals surface area contributed by atoms with E-state index in [2.05, 4.69) is 29.7 Å². The first-order chi connectivity index (χ1) is 14.5. The molecule has 2 aromatic carbocycles. The van der Waals surface area contributed by atoms with Gasteiger partial charge in [-0.2, -0.15) is 0 Å². The van der Waals surface area contributed by atoms with Crippen LogP contribution in [0.2, 0.25) is 10.0 Å². The molecule has 0 amide bonds. The summed E-state index contributed by atoms with van der Waals surface area (Å²) in [5, 5.41) is 1.50. The monoisotopic (exact) mass is 442 g/mol. The lowest BCUT2D eigenvalue weighted by Gasteiger charge is -2.17. The van der Waals surface area contributed by atoms with Gasteiger partial charge in [-0.1, -0.05) is 29.3 Å². The van der Waals surface area contributed by atoms with E-state index in [1.807, 2.05) is 75.0 Å². The molecular formula is C22H24Cl2N6. The lowest BCUT2D eigenvalue weighted by Crippen LogP contribution is -2.17. The van der Waals surface area contributed by atoms with Crippen LogP contribution in [-0.4, -0.2) is 34.0 Å². The predicted octanol–water partition coefficient (Wildman–Crippen LogP) is 5.40. The first kappa shape index (κ1) is 21.7. The number of halogens is 2. The maximum atomic E-state index is 5.92. The van der Waals surface area contributed by atoms with Gasteiger partial charge in [-0.3, -0.25) is 0 Å². The highest BCUT2D eigenvalue weighted by Gasteiger charge is 2.04. The summed E-state index contributed by atoms with van der Waals surface area (Å²) in [6.07, 6.45) is 7.15. The summed E-state index contributed by atoms with van der Waals surface area (Å²) in [6.45, 7) is 1.50. The Morgan fingerprint density at radius 2 is 1.30 bits per heavy atom. The fraction of sp³-hybridized carbons (Fsp3) is 0.182. The Balaban J connectivity index is 0.000000171. The number of hydrogen-bond donors (Lipinski definition) is 2. The quantitative estimate of drug-likeness (QED) is 0.419. The number of nitrogens with one attached hydrogen (secondary N) is 2. The summed E-state index contributed by atoms with van der Waals surface area (Å²) in [4.78, 5) is 18.7. The highest BCUT2D eigenvalue weighted by atomic mass is 35.5. The molecule has 0 bridgehead atoms. The van der Waals surface area contributed by atoms with Gasteiger partial charge in [-0.15, -0.1) is 0 Å². The van der Waals surface area contributed by atoms with E-state index in [0.29, 0.717) is 0 Å². The van der Waals surface area contributed by atoms with Crippen molar-refractivity contribution >= 4 is 34.6 Å². The highest BCUT2D eigenvalue weighted by Crippen LogP contribution is 2.19. The van der Waals surface area contributed by atoms with Crippen LogP contribution in [0.1, 0.15) is 11.6 Å². The van der Waals surface area contributed by atoms with Crippen molar-refractivity contribution in [3.05, 3.63) is 95.0 Å². The van der Waals surface area contributed by atoms with Crippen molar-refractivity contribution in [2.75, 3.05) is 23.9 Å². The molecule has 8 heteroatoms. The molecule has 0 aliphatic rings. The van der Waals surface area contributed by atoms with E-state index in [1.54, 1.807) is 12.4 Å². The second kappa shape index (κ2) is 10.7. The summed E-state index contributed by atoms with van der Waals surface area (Å²) in [5.74, 6) is 1.89. The number of aromatic amines is 2. The first-order valence-electron chi connectivity index (χ1n) is 9.41. The zero-order valence-electron chi connectivity index (χ0n) is 16.9. The van der Waals surface area contributed by atoms with E-state index in [4.69, 9.17) is 23.2 Å². The van der Waals surface area contributed by atoms with Crippen LogP contribution in [0, 0.1) is 0 Å². The van der Waals surface area contributed by atoms with Gasteiger partial charge in [-0.05, 0) is 42.5 Å². The maximum absolute atomic E-state index is 5.92. The van der Waals surface area contributed by atoms with Crippen LogP contribution in [0.25, 0.3) is 0 Å². The molecule has 0 aliphatic carbocycles. The zero-order valence-corrected chi connectivity index (χ0v) is 18.4. The Morgan fingerprint density at radius 3 is 1.80 bits per heavy atom. The Bertz CT molecular complexity index is 1000. The van der Waals surface area contributed by atoms with E-state index in [0.717, 1.165) is 46.2 Å². The molecule has 2 N–H and O–H groups in total. The fourth-order valence-electron chi connectivity index (χ4n) is 2.81. The Hall–Kier alpha value is -2.96. The van der Waals surface area contributed by atoms with E-state index in [1.165, 1.54) is 0 Å². The Labute approximate surface area is 186 Å². The molecule has 4 rings (SSSR count). The number of imidazole rings is 2. The molecule has 0 radical (unpaired) electrons. The second-order valence-electron chi connectivity index (χ2n) is 6.74. The highest BCUT2D eigenvalue weighted by molar-refractivity contribution is 6.31. The minimum absolute atomic E-state index is 0.743. The molecule has 4 aromatic rings. The van der Waals surface area contributed by atoms with E-state index in [-0.39, 0.29) is 0 Å². The van der Waals surface area contributed by atoms with Gasteiger partial charge in [0.25, 0.3) is 0 Å². The molecule has 0 saturated heterocycles. The molecule has 0 fully saturated rings. The van der Waals surface area contributed by atoms with Crippen molar-refractivity contribution in [1.29, 1.82) is 0 Å². The second-order valence-corrected chi connectivity index (χ2v) is 7.61. The molecule has 0 unspecified atom stereocenters. The molecule has 6 nitrogen and oxygen atoms in total. The SMILES string of the molecule is CN(Cc1ncc[nH]1)c1ccc(Cl)cc1.CN(Cc1ncc[nH]1)c1cccc(Cl)c1. The molecule has 0 aliphatic heterocycles. The molecule has 2 aromatic heterocycles. The van der Waals surface area contributed by atoms with Gasteiger partial charge in [0.2, 0.25) is 0 Å². The Kier molecular flexibility index (Phi) is 7.76. The van der Waals surface area contributed by atoms with E-state index in [9.17, 15) is 0 Å². The third-order valence-electron chi connectivity index (χ3n) is 4.40. The van der Waals surface area contributed by atoms with Gasteiger partial charge in [0, 0.05) is 60.3 Å². The number of nitrogens with zero attached hydrogens (tertiary/aromatic N) is 4. The van der Waals surface area contributed by atoms with Crippen LogP contribution in [0.15, 0.2) is 73.3 Å². The molecule has 0 spiro atoms. The van der Waals surface area contributed by atoms with Crippen molar-refractivity contribution < 1.29 is 0 Å². The van der Waals surface area contributed by atoms with Crippen molar-refractivity contribution in [3.8, 4) is 0 Å². The third-order valence-corrected chi connectivity index (χ3v) is 4.89. The van der Waals surface area contributed by atoms with Crippen LogP contribution in [0.4, 0.5) is 11.4 Å². The van der Waals surface area contributed by atoms with Gasteiger partial charge in [0.1, 0.15) is 11.6 Å². The minimum atomic E-state index is 0.743. The summed E-state index contributed by atoms with van der Waals surface area (Å²) in [7, 11) is 4.03. The number of aromatic nitrogens is 4. The van der Waals surface area contributed by atoms with Crippen molar-refractivity contribution in [2.45, 2.75) is 13.1 Å². The number of H-pyrrole nitrogens is 2. The number of anilines is 2. The summed E-state index contributed by atoms with van der Waals surface area (Å²) < 4.78 is 0. The van der Waals surface area contributed by atoms with Gasteiger partial charge >= 0.3 is 0 Å². The molecule has 0 atom stereocenters. The number of hydrogen-bond acceptors (Lipinski definition) is 4. The van der Waals surface area contributed by atoms with Crippen LogP contribution in [-0.2, 0) is 13.1 Å². The summed E-state index contributed by atoms with van der Waals surface area (Å²) in [6, 6.07) is 15.5. The number of benzene rings is 2. The average molecular weight is 443 g/mol. The summed E-state index contributed by atoms with van der Waals surface area (Å²) >= 11 is 11.7. The molecule has 2 heterocycles. The summed E-state index contributed by atoms with van der Waals surface area (Å²) in [5.41, 5.74) is 2.20. The molecule has 30 heavy (non-hydrogen) atoms. The number of rotatable bonds is 6. The van der Waals surface area contributed by atoms with Crippen LogP contribution in [0.3, 0.4) is 0 Å². The average Bonchev–Trinajstić information content (AvgIpc) is 3.43. The van der Waals surface area contributed by atoms with Crippen molar-refractivity contribution in [3.63, 3.8) is 0 Å².